The summed E-state index contributed by atoms with van der Waals surface area (Å²) in [6.45, 7) is 6.50. The van der Waals surface area contributed by atoms with Gasteiger partial charge in [-0.2, -0.15) is 0 Å². The maximum absolute atomic E-state index is 12.5. The quantitative estimate of drug-likeness (QED) is 0.835. The maximum atomic E-state index is 12.5. The smallest absolute Gasteiger partial charge is 0.320 e. The lowest BCUT2D eigenvalue weighted by molar-refractivity contribution is -0.135. The number of carbonyl (C=O) groups excluding carboxylic acids is 2. The van der Waals surface area contributed by atoms with Crippen molar-refractivity contribution in [2.75, 3.05) is 45.9 Å². The number of carbonyl (C=O) groups is 2. The molecule has 6 nitrogen and oxygen atoms in total. The standard InChI is InChI=1S/C17H23N3O3/c1-14-3-2-4-15(11-14)12-19-5-6-20(17(19)22)13-16(21)18-7-9-23-10-8-18/h2-4,11H,5-10,12-13H2,1H3. The number of hydrogen-bond acceptors (Lipinski definition) is 3. The molecule has 0 N–H and O–H groups in total. The van der Waals surface area contributed by atoms with Crippen molar-refractivity contribution in [3.05, 3.63) is 35.4 Å². The second-order valence-corrected chi connectivity index (χ2v) is 6.11. The summed E-state index contributed by atoms with van der Waals surface area (Å²) in [4.78, 5) is 30.0. The Kier molecular flexibility index (Phi) is 4.81. The fourth-order valence-corrected chi connectivity index (χ4v) is 3.03. The molecular formula is C17H23N3O3. The largest absolute Gasteiger partial charge is 0.378 e. The van der Waals surface area contributed by atoms with Gasteiger partial charge in [0, 0.05) is 32.7 Å². The molecule has 3 rings (SSSR count). The minimum atomic E-state index is -0.0480. The molecule has 6 heteroatoms. The number of rotatable bonds is 4. The van der Waals surface area contributed by atoms with Gasteiger partial charge in [0.05, 0.1) is 13.2 Å². The number of hydrogen-bond donors (Lipinski definition) is 0. The van der Waals surface area contributed by atoms with Crippen LogP contribution in [0.5, 0.6) is 0 Å². The van der Waals surface area contributed by atoms with Crippen molar-refractivity contribution in [3.8, 4) is 0 Å². The summed E-state index contributed by atoms with van der Waals surface area (Å²) in [6.07, 6.45) is 0. The van der Waals surface area contributed by atoms with E-state index in [1.165, 1.54) is 5.56 Å². The summed E-state index contributed by atoms with van der Waals surface area (Å²) in [5, 5.41) is 0. The Morgan fingerprint density at radius 2 is 1.87 bits per heavy atom. The van der Waals surface area contributed by atoms with E-state index in [1.54, 1.807) is 14.7 Å². The molecule has 2 heterocycles. The molecule has 0 unspecified atom stereocenters. The van der Waals surface area contributed by atoms with Gasteiger partial charge in [0.15, 0.2) is 0 Å². The molecule has 2 aliphatic rings. The summed E-state index contributed by atoms with van der Waals surface area (Å²) in [5.41, 5.74) is 2.31. The summed E-state index contributed by atoms with van der Waals surface area (Å²) in [5.74, 6) is 0.0130. The van der Waals surface area contributed by atoms with Crippen LogP contribution >= 0.6 is 0 Å². The van der Waals surface area contributed by atoms with Gasteiger partial charge in [-0.05, 0) is 12.5 Å². The maximum Gasteiger partial charge on any atom is 0.320 e. The lowest BCUT2D eigenvalue weighted by atomic mass is 10.1. The van der Waals surface area contributed by atoms with Gasteiger partial charge in [-0.3, -0.25) is 4.79 Å². The average molecular weight is 317 g/mol. The van der Waals surface area contributed by atoms with Gasteiger partial charge in [0.1, 0.15) is 6.54 Å². The number of ether oxygens (including phenoxy) is 1. The molecule has 3 amide bonds. The van der Waals surface area contributed by atoms with Gasteiger partial charge >= 0.3 is 6.03 Å². The Morgan fingerprint density at radius 3 is 2.61 bits per heavy atom. The molecule has 0 radical (unpaired) electrons. The Hall–Kier alpha value is -2.08. The number of amides is 3. The number of urea groups is 1. The molecule has 2 aliphatic heterocycles. The van der Waals surface area contributed by atoms with Crippen LogP contribution in [0.1, 0.15) is 11.1 Å². The zero-order chi connectivity index (χ0) is 16.2. The fourth-order valence-electron chi connectivity index (χ4n) is 3.03. The third-order valence-electron chi connectivity index (χ3n) is 4.33. The molecule has 0 atom stereocenters. The van der Waals surface area contributed by atoms with Gasteiger partial charge < -0.3 is 19.4 Å². The van der Waals surface area contributed by atoms with Crippen molar-refractivity contribution in [3.63, 3.8) is 0 Å². The van der Waals surface area contributed by atoms with Crippen LogP contribution in [0.15, 0.2) is 24.3 Å². The first kappa shape index (κ1) is 15.8. The van der Waals surface area contributed by atoms with Crippen molar-refractivity contribution in [2.45, 2.75) is 13.5 Å². The van der Waals surface area contributed by atoms with E-state index < -0.39 is 0 Å². The van der Waals surface area contributed by atoms with Gasteiger partial charge in [0.25, 0.3) is 0 Å². The molecular weight excluding hydrogens is 294 g/mol. The zero-order valence-corrected chi connectivity index (χ0v) is 13.5. The number of nitrogens with zero attached hydrogens (tertiary/aromatic N) is 3. The highest BCUT2D eigenvalue weighted by molar-refractivity contribution is 5.85. The van der Waals surface area contributed by atoms with E-state index in [1.807, 2.05) is 25.1 Å². The highest BCUT2D eigenvalue weighted by atomic mass is 16.5. The van der Waals surface area contributed by atoms with E-state index >= 15 is 0 Å². The third-order valence-corrected chi connectivity index (χ3v) is 4.33. The fraction of sp³-hybridized carbons (Fsp3) is 0.529. The van der Waals surface area contributed by atoms with E-state index in [0.717, 1.165) is 5.56 Å². The number of morpholine rings is 1. The molecule has 23 heavy (non-hydrogen) atoms. The van der Waals surface area contributed by atoms with Gasteiger partial charge in [0.2, 0.25) is 5.91 Å². The summed E-state index contributed by atoms with van der Waals surface area (Å²) >= 11 is 0. The van der Waals surface area contributed by atoms with Crippen LogP contribution in [0.3, 0.4) is 0 Å². The van der Waals surface area contributed by atoms with E-state index in [4.69, 9.17) is 4.74 Å². The van der Waals surface area contributed by atoms with Crippen LogP contribution in [0, 0.1) is 6.92 Å². The number of benzene rings is 1. The van der Waals surface area contributed by atoms with Crippen molar-refractivity contribution >= 4 is 11.9 Å². The predicted octanol–water partition coefficient (Wildman–Crippen LogP) is 1.09. The average Bonchev–Trinajstić information content (AvgIpc) is 2.89. The molecule has 0 saturated carbocycles. The van der Waals surface area contributed by atoms with Crippen molar-refractivity contribution in [1.82, 2.24) is 14.7 Å². The summed E-state index contributed by atoms with van der Waals surface area (Å²) < 4.78 is 5.25. The minimum Gasteiger partial charge on any atom is -0.378 e. The van der Waals surface area contributed by atoms with Crippen molar-refractivity contribution < 1.29 is 14.3 Å². The molecule has 0 spiro atoms. The van der Waals surface area contributed by atoms with Crippen molar-refractivity contribution in [2.24, 2.45) is 0 Å². The number of aryl methyl sites for hydroxylation is 1. The molecule has 0 aliphatic carbocycles. The molecule has 124 valence electrons. The topological polar surface area (TPSA) is 53.1 Å². The Labute approximate surface area is 136 Å². The highest BCUT2D eigenvalue weighted by Crippen LogP contribution is 2.14. The van der Waals surface area contributed by atoms with E-state index in [2.05, 4.69) is 6.07 Å². The molecule has 1 aromatic carbocycles. The van der Waals surface area contributed by atoms with Crippen LogP contribution in [0.2, 0.25) is 0 Å². The summed E-state index contributed by atoms with van der Waals surface area (Å²) in [6, 6.07) is 8.12. The molecule has 1 aromatic rings. The lowest BCUT2D eigenvalue weighted by Gasteiger charge is -2.28. The van der Waals surface area contributed by atoms with Crippen LogP contribution in [0.25, 0.3) is 0 Å². The second kappa shape index (κ2) is 7.00. The van der Waals surface area contributed by atoms with Gasteiger partial charge in [-0.15, -0.1) is 0 Å². The SMILES string of the molecule is Cc1cccc(CN2CCN(CC(=O)N3CCOCC3)C2=O)c1. The molecule has 2 saturated heterocycles. The summed E-state index contributed by atoms with van der Waals surface area (Å²) in [7, 11) is 0. The van der Waals surface area contributed by atoms with E-state index in [9.17, 15) is 9.59 Å². The Morgan fingerprint density at radius 1 is 1.13 bits per heavy atom. The van der Waals surface area contributed by atoms with Crippen LogP contribution in [-0.4, -0.2) is 72.6 Å². The Bertz CT molecular complexity index is 584. The van der Waals surface area contributed by atoms with Crippen LogP contribution in [0.4, 0.5) is 4.79 Å². The first-order chi connectivity index (χ1) is 11.1. The first-order valence-electron chi connectivity index (χ1n) is 8.08. The predicted molar refractivity (Wildman–Crippen MR) is 86.0 cm³/mol. The lowest BCUT2D eigenvalue weighted by Crippen LogP contribution is -2.46. The van der Waals surface area contributed by atoms with Crippen LogP contribution in [-0.2, 0) is 16.1 Å². The first-order valence-corrected chi connectivity index (χ1v) is 8.08. The third kappa shape index (κ3) is 3.82. The zero-order valence-electron chi connectivity index (χ0n) is 13.5. The van der Waals surface area contributed by atoms with Crippen molar-refractivity contribution in [1.29, 1.82) is 0 Å². The minimum absolute atomic E-state index is 0.0130. The van der Waals surface area contributed by atoms with Gasteiger partial charge in [-0.25, -0.2) is 4.79 Å². The van der Waals surface area contributed by atoms with Crippen LogP contribution < -0.4 is 0 Å². The monoisotopic (exact) mass is 317 g/mol. The normalized spacial score (nSPS) is 18.7. The van der Waals surface area contributed by atoms with E-state index in [-0.39, 0.29) is 18.5 Å². The molecule has 0 aromatic heterocycles. The Balaban J connectivity index is 1.55. The molecule has 0 bridgehead atoms. The second-order valence-electron chi connectivity index (χ2n) is 6.11. The molecule has 2 fully saturated rings. The highest BCUT2D eigenvalue weighted by Gasteiger charge is 2.31. The van der Waals surface area contributed by atoms with E-state index in [0.29, 0.717) is 45.9 Å². The van der Waals surface area contributed by atoms with Gasteiger partial charge in [-0.1, -0.05) is 29.8 Å².